The van der Waals surface area contributed by atoms with Crippen molar-refractivity contribution < 1.29 is 15.0 Å². The predicted molar refractivity (Wildman–Crippen MR) is 123 cm³/mol. The highest BCUT2D eigenvalue weighted by molar-refractivity contribution is 6.30. The summed E-state index contributed by atoms with van der Waals surface area (Å²) in [5.41, 5.74) is 0.698. The number of hydrogen-bond donors (Lipinski definition) is 3. The smallest absolute Gasteiger partial charge is 0.226 e. The summed E-state index contributed by atoms with van der Waals surface area (Å²) in [6.07, 6.45) is 1.61. The maximum atomic E-state index is 13.1. The fraction of sp³-hybridized carbons (Fsp3) is 0.375. The van der Waals surface area contributed by atoms with Crippen LogP contribution in [-0.4, -0.2) is 28.8 Å². The molecule has 0 aliphatic carbocycles. The number of halogens is 2. The van der Waals surface area contributed by atoms with Gasteiger partial charge in [-0.1, -0.05) is 60.5 Å². The summed E-state index contributed by atoms with van der Waals surface area (Å²) < 4.78 is 0. The molecule has 0 aliphatic rings. The van der Waals surface area contributed by atoms with Crippen molar-refractivity contribution in [3.63, 3.8) is 0 Å². The Hall–Kier alpha value is -1.85. The predicted octanol–water partition coefficient (Wildman–Crippen LogP) is 5.28. The zero-order valence-corrected chi connectivity index (χ0v) is 18.8. The molecular weight excluding hydrogens is 421 g/mol. The quantitative estimate of drug-likeness (QED) is 0.432. The number of carbonyl (C=O) groups excluding carboxylic acids is 1. The van der Waals surface area contributed by atoms with Crippen LogP contribution in [0, 0.1) is 5.41 Å². The molecule has 0 radical (unpaired) electrons. The Morgan fingerprint density at radius 1 is 1.17 bits per heavy atom. The average Bonchev–Trinajstić information content (AvgIpc) is 2.72. The van der Waals surface area contributed by atoms with E-state index in [1.54, 1.807) is 43.3 Å². The minimum Gasteiger partial charge on any atom is -0.394 e. The van der Waals surface area contributed by atoms with Gasteiger partial charge in [0.05, 0.1) is 18.1 Å². The summed E-state index contributed by atoms with van der Waals surface area (Å²) in [6.45, 7) is 7.24. The number of nitrogens with one attached hydrogen (secondary N) is 1. The molecule has 0 bridgehead atoms. The van der Waals surface area contributed by atoms with Crippen LogP contribution < -0.4 is 5.32 Å². The van der Waals surface area contributed by atoms with Crippen molar-refractivity contribution in [1.29, 1.82) is 0 Å². The first-order valence-electron chi connectivity index (χ1n) is 9.92. The molecule has 0 aromatic heterocycles. The minimum absolute atomic E-state index is 0.152. The molecule has 3 N–H and O–H groups in total. The number of aliphatic hydroxyl groups is 2. The lowest BCUT2D eigenvalue weighted by Crippen LogP contribution is -2.45. The number of hydrogen-bond acceptors (Lipinski definition) is 3. The number of aliphatic hydroxyl groups excluding tert-OH is 2. The zero-order valence-electron chi connectivity index (χ0n) is 17.3. The van der Waals surface area contributed by atoms with Crippen LogP contribution in [0.5, 0.6) is 0 Å². The third kappa shape index (κ3) is 6.32. The van der Waals surface area contributed by atoms with E-state index in [0.717, 1.165) is 5.56 Å². The number of carbonyl (C=O) groups is 1. The van der Waals surface area contributed by atoms with Crippen LogP contribution in [0.4, 0.5) is 0 Å². The summed E-state index contributed by atoms with van der Waals surface area (Å²) in [5.74, 6) is -0.593. The number of benzene rings is 2. The van der Waals surface area contributed by atoms with Gasteiger partial charge in [-0.2, -0.15) is 0 Å². The molecule has 0 aliphatic heterocycles. The molecule has 162 valence electrons. The van der Waals surface area contributed by atoms with E-state index >= 15 is 0 Å². The van der Waals surface area contributed by atoms with E-state index in [9.17, 15) is 15.0 Å². The van der Waals surface area contributed by atoms with Crippen molar-refractivity contribution in [2.45, 2.75) is 44.8 Å². The van der Waals surface area contributed by atoms with E-state index in [-0.39, 0.29) is 18.6 Å². The second-order valence-electron chi connectivity index (χ2n) is 7.97. The number of rotatable bonds is 10. The first-order valence-corrected chi connectivity index (χ1v) is 10.7. The lowest BCUT2D eigenvalue weighted by atomic mass is 9.72. The maximum absolute atomic E-state index is 13.1. The molecule has 1 amide bonds. The second kappa shape index (κ2) is 11.0. The number of amides is 1. The molecule has 0 unspecified atom stereocenters. The van der Waals surface area contributed by atoms with Crippen molar-refractivity contribution in [2.75, 3.05) is 6.61 Å². The molecule has 4 atom stereocenters. The largest absolute Gasteiger partial charge is 0.394 e. The monoisotopic (exact) mass is 449 g/mol. The summed E-state index contributed by atoms with van der Waals surface area (Å²) in [6, 6.07) is 14.0. The highest BCUT2D eigenvalue weighted by atomic mass is 35.5. The van der Waals surface area contributed by atoms with Crippen LogP contribution in [0.3, 0.4) is 0 Å². The Morgan fingerprint density at radius 3 is 2.40 bits per heavy atom. The molecule has 4 nitrogen and oxygen atoms in total. The Morgan fingerprint density at radius 2 is 1.83 bits per heavy atom. The van der Waals surface area contributed by atoms with Gasteiger partial charge >= 0.3 is 0 Å². The summed E-state index contributed by atoms with van der Waals surface area (Å²) in [4.78, 5) is 13.1. The molecule has 2 aromatic rings. The Balaban J connectivity index is 2.44. The normalized spacial score (nSPS) is 16.2. The van der Waals surface area contributed by atoms with Crippen LogP contribution in [-0.2, 0) is 4.79 Å². The van der Waals surface area contributed by atoms with Gasteiger partial charge in [0.25, 0.3) is 0 Å². The SMILES string of the molecule is C=CC[C@@](C)(C[C@H](c1cccc(Cl)c1)[C@@H](O)c1ccc(Cl)cc1)C(=O)N[C@@H](C)CO. The standard InChI is InChI=1S/C24H29Cl2NO3/c1-4-12-24(3,23(30)27-16(2)15-28)14-21(18-6-5-7-20(26)13-18)22(29)17-8-10-19(25)11-9-17/h4-11,13,16,21-22,28-29H,1,12,14-15H2,2-3H3,(H,27,30)/t16-,21+,22-,24-/m0/s1. The van der Waals surface area contributed by atoms with Gasteiger partial charge in [0, 0.05) is 22.0 Å². The van der Waals surface area contributed by atoms with Crippen molar-refractivity contribution in [3.8, 4) is 0 Å². The summed E-state index contributed by atoms with van der Waals surface area (Å²) in [5, 5.41) is 24.6. The lowest BCUT2D eigenvalue weighted by molar-refractivity contribution is -0.132. The molecule has 0 saturated heterocycles. The van der Waals surface area contributed by atoms with Crippen LogP contribution in [0.2, 0.25) is 10.0 Å². The Kier molecular flexibility index (Phi) is 8.92. The topological polar surface area (TPSA) is 69.6 Å². The Labute approximate surface area is 188 Å². The zero-order chi connectivity index (χ0) is 22.3. The van der Waals surface area contributed by atoms with Gasteiger partial charge in [0.2, 0.25) is 5.91 Å². The molecule has 0 fully saturated rings. The third-order valence-electron chi connectivity index (χ3n) is 5.33. The molecule has 6 heteroatoms. The van der Waals surface area contributed by atoms with E-state index in [0.29, 0.717) is 28.5 Å². The molecule has 0 spiro atoms. The van der Waals surface area contributed by atoms with Crippen LogP contribution in [0.1, 0.15) is 49.8 Å². The lowest BCUT2D eigenvalue weighted by Gasteiger charge is -2.35. The molecule has 2 aromatic carbocycles. The highest BCUT2D eigenvalue weighted by Gasteiger charge is 2.38. The van der Waals surface area contributed by atoms with Crippen molar-refractivity contribution in [3.05, 3.63) is 82.4 Å². The van der Waals surface area contributed by atoms with Gasteiger partial charge in [-0.15, -0.1) is 6.58 Å². The third-order valence-corrected chi connectivity index (χ3v) is 5.82. The van der Waals surface area contributed by atoms with Crippen LogP contribution in [0.25, 0.3) is 0 Å². The van der Waals surface area contributed by atoms with Crippen molar-refractivity contribution in [1.82, 2.24) is 5.32 Å². The van der Waals surface area contributed by atoms with E-state index in [2.05, 4.69) is 11.9 Å². The molecule has 0 heterocycles. The Bertz CT molecular complexity index is 856. The first-order chi connectivity index (χ1) is 14.2. The second-order valence-corrected chi connectivity index (χ2v) is 8.85. The number of allylic oxidation sites excluding steroid dienone is 1. The van der Waals surface area contributed by atoms with E-state index in [1.807, 2.05) is 25.1 Å². The summed E-state index contributed by atoms with van der Waals surface area (Å²) >= 11 is 12.2. The van der Waals surface area contributed by atoms with E-state index in [4.69, 9.17) is 23.2 Å². The van der Waals surface area contributed by atoms with Gasteiger partial charge in [0.1, 0.15) is 0 Å². The molecule has 30 heavy (non-hydrogen) atoms. The van der Waals surface area contributed by atoms with E-state index in [1.165, 1.54) is 0 Å². The fourth-order valence-electron chi connectivity index (χ4n) is 3.56. The van der Waals surface area contributed by atoms with Gasteiger partial charge in [-0.3, -0.25) is 4.79 Å². The van der Waals surface area contributed by atoms with E-state index < -0.39 is 17.4 Å². The van der Waals surface area contributed by atoms with Crippen molar-refractivity contribution in [2.24, 2.45) is 5.41 Å². The summed E-state index contributed by atoms with van der Waals surface area (Å²) in [7, 11) is 0. The van der Waals surface area contributed by atoms with Crippen LogP contribution in [0.15, 0.2) is 61.2 Å². The average molecular weight is 450 g/mol. The van der Waals surface area contributed by atoms with Gasteiger partial charge < -0.3 is 15.5 Å². The highest BCUT2D eigenvalue weighted by Crippen LogP contribution is 2.43. The molecular formula is C24H29Cl2NO3. The van der Waals surface area contributed by atoms with Crippen LogP contribution >= 0.6 is 23.2 Å². The first kappa shape index (κ1) is 24.4. The minimum atomic E-state index is -0.868. The fourth-order valence-corrected chi connectivity index (χ4v) is 3.88. The van der Waals surface area contributed by atoms with Gasteiger partial charge in [-0.05, 0) is 55.2 Å². The van der Waals surface area contributed by atoms with Crippen molar-refractivity contribution >= 4 is 29.1 Å². The molecule has 0 saturated carbocycles. The maximum Gasteiger partial charge on any atom is 0.226 e. The molecule has 2 rings (SSSR count). The van der Waals surface area contributed by atoms with Gasteiger partial charge in [-0.25, -0.2) is 0 Å². The van der Waals surface area contributed by atoms with Gasteiger partial charge in [0.15, 0.2) is 0 Å².